The van der Waals surface area contributed by atoms with Gasteiger partial charge in [-0.1, -0.05) is 132 Å². The molecule has 0 heterocycles. The second-order valence-corrected chi connectivity index (χ2v) is 17.3. The molecule has 1 saturated carbocycles. The highest BCUT2D eigenvalue weighted by atomic mass is 31.2. The van der Waals surface area contributed by atoms with Gasteiger partial charge in [0.25, 0.3) is 0 Å². The molecule has 0 aromatic carbocycles. The summed E-state index contributed by atoms with van der Waals surface area (Å²) in [5.41, 5.74) is 0. The van der Waals surface area contributed by atoms with Crippen LogP contribution in [0.1, 0.15) is 168 Å². The lowest BCUT2D eigenvalue weighted by molar-refractivity contribution is -0.220. The van der Waals surface area contributed by atoms with Crippen molar-refractivity contribution in [3.05, 3.63) is 60.8 Å². The maximum atomic E-state index is 12.8. The monoisotopic (exact) mass is 885 g/mol. The van der Waals surface area contributed by atoms with Crippen molar-refractivity contribution in [2.75, 3.05) is 13.2 Å². The fraction of sp³-hybridized carbons (Fsp3) is 0.745. The minimum absolute atomic E-state index is 0.0729. The predicted molar refractivity (Wildman–Crippen MR) is 239 cm³/mol. The second-order valence-electron chi connectivity index (χ2n) is 15.9. The molecule has 1 aliphatic carbocycles. The van der Waals surface area contributed by atoms with Crippen molar-refractivity contribution in [1.29, 1.82) is 0 Å². The average Bonchev–Trinajstić information content (AvgIpc) is 3.24. The fourth-order valence-corrected chi connectivity index (χ4v) is 7.53. The quantitative estimate of drug-likeness (QED) is 0.0149. The van der Waals surface area contributed by atoms with Crippen LogP contribution in [0.5, 0.6) is 0 Å². The maximum Gasteiger partial charge on any atom is 0.472 e. The van der Waals surface area contributed by atoms with Crippen molar-refractivity contribution in [3.8, 4) is 0 Å². The first-order valence-electron chi connectivity index (χ1n) is 23.1. The van der Waals surface area contributed by atoms with Crippen molar-refractivity contribution in [1.82, 2.24) is 0 Å². The number of hydrogen-bond acceptors (Lipinski definition) is 12. The number of phosphoric ester groups is 1. The number of carbonyl (C=O) groups is 2. The predicted octanol–water partition coefficient (Wildman–Crippen LogP) is 8.94. The van der Waals surface area contributed by atoms with Gasteiger partial charge in [0.05, 0.1) is 6.61 Å². The third-order valence-corrected chi connectivity index (χ3v) is 11.3. The van der Waals surface area contributed by atoms with Crippen LogP contribution in [0.2, 0.25) is 0 Å². The zero-order chi connectivity index (χ0) is 45.0. The maximum absolute atomic E-state index is 12.8. The van der Waals surface area contributed by atoms with Gasteiger partial charge in [0.2, 0.25) is 0 Å². The minimum atomic E-state index is -5.13. The molecule has 0 aromatic rings. The first-order chi connectivity index (χ1) is 29.4. The SMILES string of the molecule is CCCCC/C=C/C/C=C/C/C=C/CCCCCCC(=O)OC[C@@H](COP(=O)(O)OC1C(O)C(O)C(O)[C@H](O)C1O)OC(=O)CCCCCCC/C=C/C/C=C/CCCCC. The van der Waals surface area contributed by atoms with Crippen LogP contribution in [0.25, 0.3) is 0 Å². The Balaban J connectivity index is 2.49. The van der Waals surface area contributed by atoms with E-state index in [9.17, 15) is 44.6 Å². The lowest BCUT2D eigenvalue weighted by atomic mass is 9.85. The number of unbranched alkanes of at least 4 members (excludes halogenated alkanes) is 15. The number of rotatable bonds is 37. The molecule has 0 saturated heterocycles. The number of hydrogen-bond donors (Lipinski definition) is 6. The molecule has 14 heteroatoms. The first-order valence-corrected chi connectivity index (χ1v) is 24.6. The van der Waals surface area contributed by atoms with E-state index < -0.39 is 75.7 Å². The number of aliphatic hydroxyl groups is 5. The molecule has 8 atom stereocenters. The summed E-state index contributed by atoms with van der Waals surface area (Å²) < 4.78 is 33.5. The Hall–Kier alpha value is -2.45. The molecule has 13 nitrogen and oxygen atoms in total. The Bertz CT molecular complexity index is 1300. The third kappa shape index (κ3) is 29.5. The Morgan fingerprint density at radius 3 is 1.34 bits per heavy atom. The van der Waals surface area contributed by atoms with Gasteiger partial charge in [-0.3, -0.25) is 18.6 Å². The summed E-state index contributed by atoms with van der Waals surface area (Å²) in [7, 11) is -5.13. The molecule has 6 N–H and O–H groups in total. The Kier molecular flexibility index (Phi) is 34.3. The smallest absolute Gasteiger partial charge is 0.462 e. The van der Waals surface area contributed by atoms with Crippen molar-refractivity contribution in [2.24, 2.45) is 0 Å². The molecular weight excluding hydrogens is 803 g/mol. The molecule has 0 spiro atoms. The Morgan fingerprint density at radius 2 is 0.885 bits per heavy atom. The number of allylic oxidation sites excluding steroid dienone is 10. The lowest BCUT2D eigenvalue weighted by Crippen LogP contribution is -2.64. The van der Waals surface area contributed by atoms with Crippen LogP contribution in [-0.4, -0.2) is 98.3 Å². The van der Waals surface area contributed by atoms with Crippen molar-refractivity contribution >= 4 is 19.8 Å². The highest BCUT2D eigenvalue weighted by Gasteiger charge is 2.51. The summed E-state index contributed by atoms with van der Waals surface area (Å²) in [6, 6.07) is 0. The fourth-order valence-electron chi connectivity index (χ4n) is 6.56. The highest BCUT2D eigenvalue weighted by Crippen LogP contribution is 2.47. The molecular formula is C47H81O13P. The number of carbonyl (C=O) groups excluding carboxylic acids is 2. The minimum Gasteiger partial charge on any atom is -0.462 e. The van der Waals surface area contributed by atoms with Gasteiger partial charge >= 0.3 is 19.8 Å². The molecule has 1 rings (SSSR count). The van der Waals surface area contributed by atoms with Crippen LogP contribution in [0.15, 0.2) is 60.8 Å². The van der Waals surface area contributed by atoms with Crippen molar-refractivity contribution < 1.29 is 63.1 Å². The summed E-state index contributed by atoms with van der Waals surface area (Å²) in [5, 5.41) is 50.1. The van der Waals surface area contributed by atoms with E-state index in [1.54, 1.807) is 0 Å². The summed E-state index contributed by atoms with van der Waals surface area (Å²) in [5.74, 6) is -1.14. The van der Waals surface area contributed by atoms with Gasteiger partial charge in [-0.2, -0.15) is 0 Å². The average molecular weight is 885 g/mol. The summed E-state index contributed by atoms with van der Waals surface area (Å²) in [6.45, 7) is 3.20. The molecule has 0 amide bonds. The molecule has 1 aliphatic rings. The van der Waals surface area contributed by atoms with E-state index in [1.165, 1.54) is 38.5 Å². The molecule has 1 fully saturated rings. The van der Waals surface area contributed by atoms with Crippen LogP contribution < -0.4 is 0 Å². The molecule has 0 bridgehead atoms. The van der Waals surface area contributed by atoms with Gasteiger partial charge < -0.3 is 39.9 Å². The molecule has 6 unspecified atom stereocenters. The van der Waals surface area contributed by atoms with Gasteiger partial charge in [0.1, 0.15) is 43.2 Å². The van der Waals surface area contributed by atoms with E-state index in [0.717, 1.165) is 89.9 Å². The van der Waals surface area contributed by atoms with Crippen LogP contribution in [0.3, 0.4) is 0 Å². The van der Waals surface area contributed by atoms with E-state index in [-0.39, 0.29) is 12.8 Å². The summed E-state index contributed by atoms with van der Waals surface area (Å²) in [4.78, 5) is 35.7. The largest absolute Gasteiger partial charge is 0.472 e. The van der Waals surface area contributed by atoms with Crippen LogP contribution in [-0.2, 0) is 32.7 Å². The zero-order valence-corrected chi connectivity index (χ0v) is 38.1. The second kappa shape index (κ2) is 37.0. The molecule has 0 radical (unpaired) electrons. The Morgan fingerprint density at radius 1 is 0.508 bits per heavy atom. The number of phosphoric acid groups is 1. The van der Waals surface area contributed by atoms with E-state index in [0.29, 0.717) is 12.8 Å². The first kappa shape index (κ1) is 56.6. The molecule has 0 aromatic heterocycles. The molecule has 0 aliphatic heterocycles. The topological polar surface area (TPSA) is 210 Å². The van der Waals surface area contributed by atoms with E-state index >= 15 is 0 Å². The van der Waals surface area contributed by atoms with Gasteiger partial charge in [-0.05, 0) is 83.5 Å². The number of ether oxygens (including phenoxy) is 2. The standard InChI is InChI=1S/C47H81O13P/c1-3-5-7-9-11-13-15-17-19-20-22-23-25-27-29-31-33-35-40(48)57-37-39(38-58-61(55,56)60-47-45(53)43(51)42(50)44(52)46(47)54)59-41(49)36-34-32-30-28-26-24-21-18-16-14-12-10-8-6-4-2/h11-14,17-19,21-23,39,42-47,50-54H,3-10,15-16,20,24-38H2,1-2H3,(H,55,56)/b13-11+,14-12+,19-17+,21-18+,23-22+/t39-,42?,43-,44?,45?,46?,47?/m0/s1. The van der Waals surface area contributed by atoms with Gasteiger partial charge in [0.15, 0.2) is 6.10 Å². The Labute approximate surface area is 366 Å². The number of esters is 2. The van der Waals surface area contributed by atoms with Crippen molar-refractivity contribution in [3.63, 3.8) is 0 Å². The van der Waals surface area contributed by atoms with Crippen molar-refractivity contribution in [2.45, 2.75) is 211 Å². The molecule has 61 heavy (non-hydrogen) atoms. The van der Waals surface area contributed by atoms with Gasteiger partial charge in [-0.15, -0.1) is 0 Å². The van der Waals surface area contributed by atoms with E-state index in [4.69, 9.17) is 18.5 Å². The van der Waals surface area contributed by atoms with Crippen LogP contribution in [0.4, 0.5) is 0 Å². The van der Waals surface area contributed by atoms with Gasteiger partial charge in [0, 0.05) is 12.8 Å². The summed E-state index contributed by atoms with van der Waals surface area (Å²) in [6.07, 6.45) is 31.2. The van der Waals surface area contributed by atoms with Crippen LogP contribution >= 0.6 is 7.82 Å². The van der Waals surface area contributed by atoms with Crippen LogP contribution in [0, 0.1) is 0 Å². The summed E-state index contributed by atoms with van der Waals surface area (Å²) >= 11 is 0. The third-order valence-electron chi connectivity index (χ3n) is 10.3. The highest BCUT2D eigenvalue weighted by molar-refractivity contribution is 7.47. The normalized spacial score (nSPS) is 22.6. The number of aliphatic hydroxyl groups excluding tert-OH is 5. The molecule has 352 valence electrons. The lowest BCUT2D eigenvalue weighted by Gasteiger charge is -2.41. The van der Waals surface area contributed by atoms with E-state index in [1.807, 2.05) is 0 Å². The zero-order valence-electron chi connectivity index (χ0n) is 37.2. The van der Waals surface area contributed by atoms with Gasteiger partial charge in [-0.25, -0.2) is 4.57 Å². The van der Waals surface area contributed by atoms with E-state index in [2.05, 4.69) is 74.6 Å².